The predicted octanol–water partition coefficient (Wildman–Crippen LogP) is 4.73. The van der Waals surface area contributed by atoms with Crippen LogP contribution in [0.15, 0.2) is 42.5 Å². The number of carbonyl (C=O) groups is 1. The summed E-state index contributed by atoms with van der Waals surface area (Å²) < 4.78 is 5.35. The lowest BCUT2D eigenvalue weighted by molar-refractivity contribution is -0.384. The molecule has 0 bridgehead atoms. The molecule has 150 valence electrons. The molecule has 7 nitrogen and oxygen atoms in total. The smallest absolute Gasteiger partial charge is 0.269 e. The average Bonchev–Trinajstić information content (AvgIpc) is 2.65. The van der Waals surface area contributed by atoms with Gasteiger partial charge in [-0.1, -0.05) is 26.8 Å². The second-order valence-electron chi connectivity index (χ2n) is 7.55. The Bertz CT molecular complexity index is 827. The molecule has 28 heavy (non-hydrogen) atoms. The standard InChI is InChI=1S/C21H27N3O4/c1-21(2,3)15-7-12-19(28-4)18(14-15)23-20(25)6-5-13-22-16-8-10-17(11-9-16)24(26)27/h7-12,14,22H,5-6,13H2,1-4H3,(H,23,25). The normalized spacial score (nSPS) is 11.0. The summed E-state index contributed by atoms with van der Waals surface area (Å²) in [4.78, 5) is 22.5. The fourth-order valence-electron chi connectivity index (χ4n) is 2.67. The SMILES string of the molecule is COc1ccc(C(C)(C)C)cc1NC(=O)CCCNc1ccc([N+](=O)[O-])cc1. The Morgan fingerprint density at radius 3 is 2.39 bits per heavy atom. The van der Waals surface area contributed by atoms with Gasteiger partial charge in [0.15, 0.2) is 0 Å². The molecule has 7 heteroatoms. The third kappa shape index (κ3) is 5.97. The number of nitrogens with zero attached hydrogens (tertiary/aromatic N) is 1. The van der Waals surface area contributed by atoms with Crippen LogP contribution in [-0.4, -0.2) is 24.5 Å². The summed E-state index contributed by atoms with van der Waals surface area (Å²) in [6, 6.07) is 12.0. The second-order valence-corrected chi connectivity index (χ2v) is 7.55. The highest BCUT2D eigenvalue weighted by Gasteiger charge is 2.17. The maximum Gasteiger partial charge on any atom is 0.269 e. The van der Waals surface area contributed by atoms with E-state index in [0.29, 0.717) is 30.8 Å². The molecule has 2 aromatic carbocycles. The molecule has 0 unspecified atom stereocenters. The summed E-state index contributed by atoms with van der Waals surface area (Å²) in [5.74, 6) is 0.542. The van der Waals surface area contributed by atoms with E-state index < -0.39 is 4.92 Å². The first kappa shape index (κ1) is 21.2. The van der Waals surface area contributed by atoms with Crippen molar-refractivity contribution in [3.63, 3.8) is 0 Å². The number of benzene rings is 2. The van der Waals surface area contributed by atoms with Gasteiger partial charge in [0.25, 0.3) is 5.69 Å². The Kier molecular flexibility index (Phi) is 6.98. The number of hydrogen-bond donors (Lipinski definition) is 2. The van der Waals surface area contributed by atoms with Crippen molar-refractivity contribution < 1.29 is 14.5 Å². The lowest BCUT2D eigenvalue weighted by atomic mass is 9.87. The van der Waals surface area contributed by atoms with Gasteiger partial charge in [0.05, 0.1) is 17.7 Å². The molecule has 0 heterocycles. The lowest BCUT2D eigenvalue weighted by Gasteiger charge is -2.21. The van der Waals surface area contributed by atoms with Crippen molar-refractivity contribution in [3.05, 3.63) is 58.1 Å². The molecule has 0 atom stereocenters. The van der Waals surface area contributed by atoms with Crippen molar-refractivity contribution in [3.8, 4) is 5.75 Å². The van der Waals surface area contributed by atoms with Gasteiger partial charge in [-0.2, -0.15) is 0 Å². The van der Waals surface area contributed by atoms with Gasteiger partial charge < -0.3 is 15.4 Å². The zero-order valence-corrected chi connectivity index (χ0v) is 16.7. The minimum Gasteiger partial charge on any atom is -0.495 e. The number of non-ortho nitro benzene ring substituents is 1. The van der Waals surface area contributed by atoms with Crippen LogP contribution in [0, 0.1) is 10.1 Å². The number of hydrogen-bond acceptors (Lipinski definition) is 5. The van der Waals surface area contributed by atoms with Gasteiger partial charge in [-0.05, 0) is 41.7 Å². The fourth-order valence-corrected chi connectivity index (χ4v) is 2.67. The van der Waals surface area contributed by atoms with Crippen LogP contribution in [0.4, 0.5) is 17.1 Å². The first-order valence-corrected chi connectivity index (χ1v) is 9.17. The molecule has 0 saturated heterocycles. The van der Waals surface area contributed by atoms with Crippen molar-refractivity contribution in [2.45, 2.75) is 39.0 Å². The zero-order valence-electron chi connectivity index (χ0n) is 16.7. The van der Waals surface area contributed by atoms with E-state index in [0.717, 1.165) is 11.3 Å². The third-order valence-corrected chi connectivity index (χ3v) is 4.33. The first-order chi connectivity index (χ1) is 13.2. The highest BCUT2D eigenvalue weighted by molar-refractivity contribution is 5.92. The van der Waals surface area contributed by atoms with E-state index in [-0.39, 0.29) is 17.0 Å². The minimum atomic E-state index is -0.433. The molecule has 1 amide bonds. The molecule has 0 aliphatic rings. The first-order valence-electron chi connectivity index (χ1n) is 9.17. The summed E-state index contributed by atoms with van der Waals surface area (Å²) in [7, 11) is 1.58. The highest BCUT2D eigenvalue weighted by Crippen LogP contribution is 2.31. The number of nitrogens with one attached hydrogen (secondary N) is 2. The fraction of sp³-hybridized carbons (Fsp3) is 0.381. The summed E-state index contributed by atoms with van der Waals surface area (Å²) in [6.45, 7) is 6.93. The van der Waals surface area contributed by atoms with Crippen LogP contribution in [0.5, 0.6) is 5.75 Å². The van der Waals surface area contributed by atoms with E-state index in [1.807, 2.05) is 18.2 Å². The molecular formula is C21H27N3O4. The van der Waals surface area contributed by atoms with E-state index in [4.69, 9.17) is 4.74 Å². The molecule has 0 spiro atoms. The number of amides is 1. The number of carbonyl (C=O) groups excluding carboxylic acids is 1. The number of rotatable bonds is 8. The Balaban J connectivity index is 1.86. The summed E-state index contributed by atoms with van der Waals surface area (Å²) in [6.07, 6.45) is 0.979. The molecule has 0 aliphatic carbocycles. The van der Waals surface area contributed by atoms with E-state index in [1.54, 1.807) is 19.2 Å². The lowest BCUT2D eigenvalue weighted by Crippen LogP contribution is -2.16. The largest absolute Gasteiger partial charge is 0.495 e. The van der Waals surface area contributed by atoms with Crippen LogP contribution in [0.25, 0.3) is 0 Å². The van der Waals surface area contributed by atoms with Crippen LogP contribution < -0.4 is 15.4 Å². The molecule has 0 fully saturated rings. The van der Waals surface area contributed by atoms with Gasteiger partial charge >= 0.3 is 0 Å². The molecule has 0 saturated carbocycles. The molecule has 0 radical (unpaired) electrons. The average molecular weight is 385 g/mol. The van der Waals surface area contributed by atoms with E-state index in [9.17, 15) is 14.9 Å². The van der Waals surface area contributed by atoms with Gasteiger partial charge in [-0.25, -0.2) is 0 Å². The minimum absolute atomic E-state index is 0.0274. The van der Waals surface area contributed by atoms with Gasteiger partial charge in [0, 0.05) is 30.8 Å². The molecular weight excluding hydrogens is 358 g/mol. The second kappa shape index (κ2) is 9.21. The number of ether oxygens (including phenoxy) is 1. The number of nitro groups is 1. The third-order valence-electron chi connectivity index (χ3n) is 4.33. The molecule has 0 aliphatic heterocycles. The van der Waals surface area contributed by atoms with Crippen LogP contribution >= 0.6 is 0 Å². The van der Waals surface area contributed by atoms with Crippen molar-refractivity contribution in [2.75, 3.05) is 24.3 Å². The number of nitro benzene ring substituents is 1. The number of methoxy groups -OCH3 is 1. The van der Waals surface area contributed by atoms with Crippen molar-refractivity contribution >= 4 is 23.0 Å². The maximum absolute atomic E-state index is 12.3. The van der Waals surface area contributed by atoms with Crippen molar-refractivity contribution in [1.82, 2.24) is 0 Å². The van der Waals surface area contributed by atoms with Crippen LogP contribution in [-0.2, 0) is 10.2 Å². The Labute approximate surface area is 165 Å². The molecule has 2 rings (SSSR count). The number of anilines is 2. The molecule has 0 aromatic heterocycles. The van der Waals surface area contributed by atoms with Crippen LogP contribution in [0.3, 0.4) is 0 Å². The maximum atomic E-state index is 12.3. The monoisotopic (exact) mass is 385 g/mol. The van der Waals surface area contributed by atoms with Gasteiger partial charge in [-0.15, -0.1) is 0 Å². The summed E-state index contributed by atoms with van der Waals surface area (Å²) in [5.41, 5.74) is 2.59. The predicted molar refractivity (Wildman–Crippen MR) is 111 cm³/mol. The van der Waals surface area contributed by atoms with E-state index >= 15 is 0 Å². The van der Waals surface area contributed by atoms with Gasteiger partial charge in [0.2, 0.25) is 5.91 Å². The van der Waals surface area contributed by atoms with Crippen LogP contribution in [0.1, 0.15) is 39.2 Å². The molecule has 2 aromatic rings. The van der Waals surface area contributed by atoms with E-state index in [2.05, 4.69) is 31.4 Å². The molecule has 2 N–H and O–H groups in total. The van der Waals surface area contributed by atoms with Gasteiger partial charge in [0.1, 0.15) is 5.75 Å². The highest BCUT2D eigenvalue weighted by atomic mass is 16.6. The summed E-state index contributed by atoms with van der Waals surface area (Å²) >= 11 is 0. The summed E-state index contributed by atoms with van der Waals surface area (Å²) in [5, 5.41) is 16.7. The topological polar surface area (TPSA) is 93.5 Å². The van der Waals surface area contributed by atoms with Crippen LogP contribution in [0.2, 0.25) is 0 Å². The Morgan fingerprint density at radius 1 is 1.14 bits per heavy atom. The Morgan fingerprint density at radius 2 is 1.82 bits per heavy atom. The van der Waals surface area contributed by atoms with Gasteiger partial charge in [-0.3, -0.25) is 14.9 Å². The zero-order chi connectivity index (χ0) is 20.7. The van der Waals surface area contributed by atoms with Crippen molar-refractivity contribution in [1.29, 1.82) is 0 Å². The quantitative estimate of drug-likeness (QED) is 0.389. The Hall–Kier alpha value is -3.09. The van der Waals surface area contributed by atoms with E-state index in [1.165, 1.54) is 12.1 Å². The van der Waals surface area contributed by atoms with Crippen molar-refractivity contribution in [2.24, 2.45) is 0 Å².